The van der Waals surface area contributed by atoms with Gasteiger partial charge in [-0.1, -0.05) is 61.0 Å². The van der Waals surface area contributed by atoms with E-state index >= 15 is 0 Å². The maximum Gasteiger partial charge on any atom is 0.336 e. The molecule has 2 heterocycles. The monoisotopic (exact) mass is 453 g/mol. The number of ether oxygens (including phenoxy) is 1. The van der Waals surface area contributed by atoms with E-state index in [1.54, 1.807) is 17.4 Å². The van der Waals surface area contributed by atoms with Gasteiger partial charge in [0.25, 0.3) is 0 Å². The molecule has 0 saturated carbocycles. The van der Waals surface area contributed by atoms with Crippen LogP contribution in [-0.4, -0.2) is 16.1 Å². The van der Waals surface area contributed by atoms with Gasteiger partial charge in [0, 0.05) is 21.0 Å². The first-order valence-electron chi connectivity index (χ1n) is 10.9. The summed E-state index contributed by atoms with van der Waals surface area (Å²) < 4.78 is 7.30. The van der Waals surface area contributed by atoms with Gasteiger partial charge in [-0.15, -0.1) is 11.3 Å². The van der Waals surface area contributed by atoms with Crippen molar-refractivity contribution in [2.75, 3.05) is 0 Å². The Morgan fingerprint density at radius 1 is 1.06 bits per heavy atom. The van der Waals surface area contributed by atoms with Crippen LogP contribution in [0.1, 0.15) is 34.0 Å². The zero-order valence-corrected chi connectivity index (χ0v) is 19.3. The van der Waals surface area contributed by atoms with Crippen LogP contribution in [0.25, 0.3) is 32.2 Å². The standard InChI is InChI=1S/C28H23NO3S/c1-3-19-11-12-24(32-15-18-8-6-7-17(2)13-18)26-21(28(30)31)14-23(29-27(19)26)22-16-33-25-10-5-4-9-20(22)25/h4-14,16H,3,15H2,1-2H3,(H,30,31). The topological polar surface area (TPSA) is 59.4 Å². The van der Waals surface area contributed by atoms with Crippen LogP contribution in [0.4, 0.5) is 0 Å². The van der Waals surface area contributed by atoms with Crippen molar-refractivity contribution < 1.29 is 14.6 Å². The van der Waals surface area contributed by atoms with E-state index in [0.29, 0.717) is 29.0 Å². The lowest BCUT2D eigenvalue weighted by Gasteiger charge is -2.15. The molecule has 0 atom stereocenters. The fourth-order valence-corrected chi connectivity index (χ4v) is 5.17. The summed E-state index contributed by atoms with van der Waals surface area (Å²) in [5.41, 5.74) is 5.70. The lowest BCUT2D eigenvalue weighted by atomic mass is 9.99. The van der Waals surface area contributed by atoms with Crippen molar-refractivity contribution in [2.24, 2.45) is 0 Å². The van der Waals surface area contributed by atoms with Crippen LogP contribution >= 0.6 is 11.3 Å². The Bertz CT molecular complexity index is 1500. The van der Waals surface area contributed by atoms with Crippen LogP contribution in [-0.2, 0) is 13.0 Å². The van der Waals surface area contributed by atoms with Gasteiger partial charge in [0.1, 0.15) is 12.4 Å². The molecule has 0 fully saturated rings. The first-order chi connectivity index (χ1) is 16.0. The Balaban J connectivity index is 1.68. The molecule has 164 valence electrons. The third-order valence-corrected chi connectivity index (χ3v) is 6.81. The predicted molar refractivity (Wildman–Crippen MR) is 134 cm³/mol. The van der Waals surface area contributed by atoms with Crippen molar-refractivity contribution in [3.05, 3.63) is 94.4 Å². The van der Waals surface area contributed by atoms with Gasteiger partial charge < -0.3 is 9.84 Å². The maximum atomic E-state index is 12.4. The molecule has 0 radical (unpaired) electrons. The van der Waals surface area contributed by atoms with Crippen molar-refractivity contribution in [3.8, 4) is 17.0 Å². The highest BCUT2D eigenvalue weighted by Gasteiger charge is 2.20. The Morgan fingerprint density at radius 3 is 2.70 bits per heavy atom. The Kier molecular flexibility index (Phi) is 5.56. The van der Waals surface area contributed by atoms with Gasteiger partial charge in [0.2, 0.25) is 0 Å². The van der Waals surface area contributed by atoms with Crippen molar-refractivity contribution in [3.63, 3.8) is 0 Å². The maximum absolute atomic E-state index is 12.4. The zero-order valence-electron chi connectivity index (χ0n) is 18.5. The number of aryl methyl sites for hydroxylation is 2. The predicted octanol–water partition coefficient (Wildman–Crippen LogP) is 7.26. The fraction of sp³-hybridized carbons (Fsp3) is 0.143. The number of carboxylic acid groups (broad SMARTS) is 1. The van der Waals surface area contributed by atoms with E-state index in [0.717, 1.165) is 38.8 Å². The quantitative estimate of drug-likeness (QED) is 0.294. The molecule has 0 unspecified atom stereocenters. The number of benzene rings is 3. The molecule has 5 rings (SSSR count). The molecule has 33 heavy (non-hydrogen) atoms. The van der Waals surface area contributed by atoms with Crippen LogP contribution in [0.15, 0.2) is 72.1 Å². The summed E-state index contributed by atoms with van der Waals surface area (Å²) in [6.07, 6.45) is 0.745. The van der Waals surface area contributed by atoms with Crippen molar-refractivity contribution in [2.45, 2.75) is 26.9 Å². The third-order valence-electron chi connectivity index (χ3n) is 5.85. The van der Waals surface area contributed by atoms with E-state index in [4.69, 9.17) is 9.72 Å². The van der Waals surface area contributed by atoms with Crippen LogP contribution in [0.3, 0.4) is 0 Å². The Labute approximate surface area is 196 Å². The lowest BCUT2D eigenvalue weighted by molar-refractivity contribution is 0.0698. The minimum atomic E-state index is -0.989. The summed E-state index contributed by atoms with van der Waals surface area (Å²) in [5.74, 6) is -0.452. The normalized spacial score (nSPS) is 11.2. The van der Waals surface area contributed by atoms with Crippen molar-refractivity contribution in [1.29, 1.82) is 0 Å². The number of hydrogen-bond donors (Lipinski definition) is 1. The Hall–Kier alpha value is -3.70. The second-order valence-electron chi connectivity index (χ2n) is 8.08. The summed E-state index contributed by atoms with van der Waals surface area (Å²) in [6.45, 7) is 4.45. The third kappa shape index (κ3) is 3.96. The van der Waals surface area contributed by atoms with E-state index < -0.39 is 5.97 Å². The number of pyridine rings is 1. The van der Waals surface area contributed by atoms with Crippen LogP contribution in [0.5, 0.6) is 5.75 Å². The molecule has 5 aromatic rings. The number of hydrogen-bond acceptors (Lipinski definition) is 4. The van der Waals surface area contributed by atoms with E-state index in [1.165, 1.54) is 0 Å². The molecular formula is C28H23NO3S. The molecule has 3 aromatic carbocycles. The molecule has 2 aromatic heterocycles. The largest absolute Gasteiger partial charge is 0.488 e. The molecule has 0 aliphatic heterocycles. The highest BCUT2D eigenvalue weighted by molar-refractivity contribution is 7.17. The van der Waals surface area contributed by atoms with E-state index in [2.05, 4.69) is 25.1 Å². The number of aromatic carboxylic acids is 1. The molecule has 0 aliphatic rings. The smallest absolute Gasteiger partial charge is 0.336 e. The number of rotatable bonds is 6. The summed E-state index contributed by atoms with van der Waals surface area (Å²) in [5, 5.41) is 13.8. The van der Waals surface area contributed by atoms with Crippen LogP contribution in [0.2, 0.25) is 0 Å². The number of aromatic nitrogens is 1. The average molecular weight is 454 g/mol. The number of fused-ring (bicyclic) bond motifs is 2. The van der Waals surface area contributed by atoms with Gasteiger partial charge in [0.05, 0.1) is 22.2 Å². The van der Waals surface area contributed by atoms with Gasteiger partial charge in [-0.05, 0) is 42.7 Å². The number of thiophene rings is 1. The minimum absolute atomic E-state index is 0.208. The first kappa shape index (κ1) is 21.2. The van der Waals surface area contributed by atoms with Gasteiger partial charge in [-0.3, -0.25) is 0 Å². The van der Waals surface area contributed by atoms with Crippen molar-refractivity contribution >= 4 is 38.3 Å². The first-order valence-corrected chi connectivity index (χ1v) is 11.8. The molecule has 5 heteroatoms. The van der Waals surface area contributed by atoms with Gasteiger partial charge in [0.15, 0.2) is 0 Å². The molecule has 0 spiro atoms. The van der Waals surface area contributed by atoms with Gasteiger partial charge >= 0.3 is 5.97 Å². The summed E-state index contributed by atoms with van der Waals surface area (Å²) >= 11 is 1.64. The molecule has 0 bridgehead atoms. The van der Waals surface area contributed by atoms with Gasteiger partial charge in [-0.2, -0.15) is 0 Å². The molecule has 0 amide bonds. The van der Waals surface area contributed by atoms with Gasteiger partial charge in [-0.25, -0.2) is 9.78 Å². The molecule has 0 aliphatic carbocycles. The van der Waals surface area contributed by atoms with E-state index in [1.807, 2.05) is 54.8 Å². The number of carbonyl (C=O) groups is 1. The molecule has 4 nitrogen and oxygen atoms in total. The fourth-order valence-electron chi connectivity index (χ4n) is 4.22. The zero-order chi connectivity index (χ0) is 22.9. The summed E-state index contributed by atoms with van der Waals surface area (Å²) in [7, 11) is 0. The molecule has 1 N–H and O–H groups in total. The van der Waals surface area contributed by atoms with Crippen molar-refractivity contribution in [1.82, 2.24) is 4.98 Å². The second-order valence-corrected chi connectivity index (χ2v) is 8.99. The molecule has 0 saturated heterocycles. The summed E-state index contributed by atoms with van der Waals surface area (Å²) in [6, 6.07) is 21.8. The number of carboxylic acids is 1. The second kappa shape index (κ2) is 8.68. The summed E-state index contributed by atoms with van der Waals surface area (Å²) in [4.78, 5) is 17.4. The van der Waals surface area contributed by atoms with Crippen LogP contribution in [0, 0.1) is 6.92 Å². The minimum Gasteiger partial charge on any atom is -0.488 e. The highest BCUT2D eigenvalue weighted by Crippen LogP contribution is 2.38. The lowest BCUT2D eigenvalue weighted by Crippen LogP contribution is -2.05. The number of nitrogens with zero attached hydrogens (tertiary/aromatic N) is 1. The van der Waals surface area contributed by atoms with E-state index in [9.17, 15) is 9.90 Å². The molecular weight excluding hydrogens is 430 g/mol. The Morgan fingerprint density at radius 2 is 1.91 bits per heavy atom. The SMILES string of the molecule is CCc1ccc(OCc2cccc(C)c2)c2c(C(=O)O)cc(-c3csc4ccccc34)nc12. The van der Waals surface area contributed by atoms with Crippen LogP contribution < -0.4 is 4.74 Å². The average Bonchev–Trinajstić information content (AvgIpc) is 3.26. The van der Waals surface area contributed by atoms with E-state index in [-0.39, 0.29) is 5.56 Å². The highest BCUT2D eigenvalue weighted by atomic mass is 32.1.